The van der Waals surface area contributed by atoms with Crippen LogP contribution >= 0.6 is 0 Å². The monoisotopic (exact) mass is 280 g/mol. The molecule has 1 fully saturated rings. The van der Waals surface area contributed by atoms with Crippen LogP contribution in [0.5, 0.6) is 0 Å². The molecule has 1 aliphatic heterocycles. The predicted molar refractivity (Wildman–Crippen MR) is 71.9 cm³/mol. The van der Waals surface area contributed by atoms with Crippen molar-refractivity contribution in [2.45, 2.75) is 31.3 Å². The van der Waals surface area contributed by atoms with Crippen LogP contribution in [0.3, 0.4) is 0 Å². The third kappa shape index (κ3) is 2.67. The molecule has 1 atom stereocenters. The Labute approximate surface area is 117 Å². The first kappa shape index (κ1) is 14.5. The lowest BCUT2D eigenvalue weighted by Crippen LogP contribution is -2.57. The first-order valence-corrected chi connectivity index (χ1v) is 6.70. The minimum Gasteiger partial charge on any atom is -0.467 e. The Kier molecular flexibility index (Phi) is 4.39. The lowest BCUT2D eigenvalue weighted by molar-refractivity contribution is -0.146. The Balaban J connectivity index is 2.19. The van der Waals surface area contributed by atoms with Crippen LogP contribution in [0.25, 0.3) is 0 Å². The van der Waals surface area contributed by atoms with Crippen molar-refractivity contribution in [3.8, 4) is 0 Å². The molecule has 1 aromatic rings. The number of nitrogens with one attached hydrogen (secondary N) is 2. The SMILES string of the molecule is COC(=O)[C@H](C)NC(=O)C1(n2cccn2)CCNCC1. The number of rotatable bonds is 4. The van der Waals surface area contributed by atoms with Gasteiger partial charge in [0, 0.05) is 12.4 Å². The molecule has 0 radical (unpaired) electrons. The minimum atomic E-state index is -0.739. The van der Waals surface area contributed by atoms with Gasteiger partial charge in [-0.1, -0.05) is 0 Å². The molecule has 0 saturated carbocycles. The van der Waals surface area contributed by atoms with Gasteiger partial charge in [-0.15, -0.1) is 0 Å². The molecule has 2 rings (SSSR count). The standard InChI is InChI=1S/C13H20N4O3/c1-10(11(18)20-2)16-12(19)13(4-7-14-8-5-13)17-9-3-6-15-17/h3,6,9-10,14H,4-5,7-8H2,1-2H3,(H,16,19)/t10-/m0/s1. The molecule has 0 aliphatic carbocycles. The van der Waals surface area contributed by atoms with E-state index < -0.39 is 17.6 Å². The summed E-state index contributed by atoms with van der Waals surface area (Å²) in [5.41, 5.74) is -0.739. The van der Waals surface area contributed by atoms with Gasteiger partial charge < -0.3 is 15.4 Å². The fourth-order valence-electron chi connectivity index (χ4n) is 2.49. The van der Waals surface area contributed by atoms with E-state index in [1.807, 2.05) is 0 Å². The highest BCUT2D eigenvalue weighted by Gasteiger charge is 2.42. The molecule has 0 spiro atoms. The molecule has 0 bridgehead atoms. The number of ether oxygens (including phenoxy) is 1. The third-order valence-corrected chi connectivity index (χ3v) is 3.70. The van der Waals surface area contributed by atoms with Crippen molar-refractivity contribution in [1.82, 2.24) is 20.4 Å². The van der Waals surface area contributed by atoms with E-state index in [1.165, 1.54) is 7.11 Å². The van der Waals surface area contributed by atoms with E-state index in [0.717, 1.165) is 13.1 Å². The zero-order valence-electron chi connectivity index (χ0n) is 11.8. The minimum absolute atomic E-state index is 0.194. The number of esters is 1. The summed E-state index contributed by atoms with van der Waals surface area (Å²) in [4.78, 5) is 24.1. The molecule has 7 heteroatoms. The van der Waals surface area contributed by atoms with Crippen LogP contribution in [-0.4, -0.2) is 47.9 Å². The Morgan fingerprint density at radius 1 is 1.45 bits per heavy atom. The summed E-state index contributed by atoms with van der Waals surface area (Å²) in [5, 5.41) is 10.2. The van der Waals surface area contributed by atoms with E-state index in [9.17, 15) is 9.59 Å². The van der Waals surface area contributed by atoms with Crippen molar-refractivity contribution in [3.63, 3.8) is 0 Å². The molecule has 7 nitrogen and oxygen atoms in total. The van der Waals surface area contributed by atoms with E-state index in [0.29, 0.717) is 12.8 Å². The Morgan fingerprint density at radius 3 is 2.70 bits per heavy atom. The summed E-state index contributed by atoms with van der Waals surface area (Å²) >= 11 is 0. The topological polar surface area (TPSA) is 85.2 Å². The van der Waals surface area contributed by atoms with E-state index in [1.54, 1.807) is 30.1 Å². The Hall–Kier alpha value is -1.89. The van der Waals surface area contributed by atoms with Crippen LogP contribution < -0.4 is 10.6 Å². The number of amides is 1. The van der Waals surface area contributed by atoms with Gasteiger partial charge in [0.25, 0.3) is 0 Å². The largest absolute Gasteiger partial charge is 0.467 e. The lowest BCUT2D eigenvalue weighted by atomic mass is 9.87. The summed E-state index contributed by atoms with van der Waals surface area (Å²) in [6.45, 7) is 3.08. The second-order valence-electron chi connectivity index (χ2n) is 4.95. The zero-order chi connectivity index (χ0) is 14.6. The Morgan fingerprint density at radius 2 is 2.15 bits per heavy atom. The van der Waals surface area contributed by atoms with Crippen molar-refractivity contribution in [2.24, 2.45) is 0 Å². The van der Waals surface area contributed by atoms with Crippen LogP contribution in [0, 0.1) is 0 Å². The maximum atomic E-state index is 12.6. The van der Waals surface area contributed by atoms with Gasteiger partial charge in [0.05, 0.1) is 7.11 Å². The van der Waals surface area contributed by atoms with Gasteiger partial charge in [-0.05, 0) is 38.9 Å². The number of methoxy groups -OCH3 is 1. The quantitative estimate of drug-likeness (QED) is 0.736. The fourth-order valence-corrected chi connectivity index (χ4v) is 2.49. The highest BCUT2D eigenvalue weighted by Crippen LogP contribution is 2.27. The number of nitrogens with zero attached hydrogens (tertiary/aromatic N) is 2. The van der Waals surface area contributed by atoms with Crippen molar-refractivity contribution < 1.29 is 14.3 Å². The smallest absolute Gasteiger partial charge is 0.328 e. The van der Waals surface area contributed by atoms with E-state index in [2.05, 4.69) is 20.5 Å². The molecule has 1 aliphatic rings. The summed E-state index contributed by atoms with van der Waals surface area (Å²) in [6, 6.07) is 1.12. The van der Waals surface area contributed by atoms with Crippen molar-refractivity contribution in [1.29, 1.82) is 0 Å². The molecule has 110 valence electrons. The summed E-state index contributed by atoms with van der Waals surface area (Å²) in [6.07, 6.45) is 4.71. The number of piperidine rings is 1. The highest BCUT2D eigenvalue weighted by atomic mass is 16.5. The van der Waals surface area contributed by atoms with Gasteiger partial charge >= 0.3 is 5.97 Å². The van der Waals surface area contributed by atoms with E-state index in [4.69, 9.17) is 0 Å². The molecule has 2 N–H and O–H groups in total. The first-order chi connectivity index (χ1) is 9.60. The maximum Gasteiger partial charge on any atom is 0.328 e. The third-order valence-electron chi connectivity index (χ3n) is 3.70. The molecule has 1 aromatic heterocycles. The van der Waals surface area contributed by atoms with Crippen molar-refractivity contribution in [2.75, 3.05) is 20.2 Å². The molecular weight excluding hydrogens is 260 g/mol. The van der Waals surface area contributed by atoms with Gasteiger partial charge in [-0.3, -0.25) is 9.48 Å². The summed E-state index contributed by atoms with van der Waals surface area (Å²) < 4.78 is 6.32. The number of hydrogen-bond acceptors (Lipinski definition) is 5. The normalized spacial score (nSPS) is 19.1. The second kappa shape index (κ2) is 6.04. The summed E-state index contributed by atoms with van der Waals surface area (Å²) in [5.74, 6) is -0.650. The fraction of sp³-hybridized carbons (Fsp3) is 0.615. The molecule has 0 aromatic carbocycles. The molecule has 0 unspecified atom stereocenters. The van der Waals surface area contributed by atoms with Crippen LogP contribution in [0.1, 0.15) is 19.8 Å². The summed E-state index contributed by atoms with van der Waals surface area (Å²) in [7, 11) is 1.30. The predicted octanol–water partition coefficient (Wildman–Crippen LogP) is -0.360. The average Bonchev–Trinajstić information content (AvgIpc) is 3.01. The second-order valence-corrected chi connectivity index (χ2v) is 4.95. The van der Waals surface area contributed by atoms with Gasteiger partial charge in [-0.2, -0.15) is 5.10 Å². The van der Waals surface area contributed by atoms with Gasteiger partial charge in [-0.25, -0.2) is 4.79 Å². The van der Waals surface area contributed by atoms with E-state index >= 15 is 0 Å². The highest BCUT2D eigenvalue weighted by molar-refractivity contribution is 5.89. The molecular formula is C13H20N4O3. The molecule has 1 amide bonds. The number of carbonyl (C=O) groups excluding carboxylic acids is 2. The van der Waals surface area contributed by atoms with Crippen LogP contribution in [0.2, 0.25) is 0 Å². The van der Waals surface area contributed by atoms with Crippen LogP contribution in [-0.2, 0) is 19.9 Å². The Bertz CT molecular complexity index is 466. The number of hydrogen-bond donors (Lipinski definition) is 2. The maximum absolute atomic E-state index is 12.6. The van der Waals surface area contributed by atoms with Crippen molar-refractivity contribution in [3.05, 3.63) is 18.5 Å². The van der Waals surface area contributed by atoms with Gasteiger partial charge in [0.1, 0.15) is 11.6 Å². The first-order valence-electron chi connectivity index (χ1n) is 6.70. The lowest BCUT2D eigenvalue weighted by Gasteiger charge is -2.37. The van der Waals surface area contributed by atoms with Gasteiger partial charge in [0.15, 0.2) is 0 Å². The van der Waals surface area contributed by atoms with Crippen molar-refractivity contribution >= 4 is 11.9 Å². The van der Waals surface area contributed by atoms with Gasteiger partial charge in [0.2, 0.25) is 5.91 Å². The van der Waals surface area contributed by atoms with Crippen LogP contribution in [0.4, 0.5) is 0 Å². The molecule has 2 heterocycles. The number of aromatic nitrogens is 2. The molecule has 20 heavy (non-hydrogen) atoms. The average molecular weight is 280 g/mol. The zero-order valence-corrected chi connectivity index (χ0v) is 11.8. The molecule has 1 saturated heterocycles. The van der Waals surface area contributed by atoms with Crippen LogP contribution in [0.15, 0.2) is 18.5 Å². The van der Waals surface area contributed by atoms with E-state index in [-0.39, 0.29) is 5.91 Å². The number of carbonyl (C=O) groups is 2.